The lowest BCUT2D eigenvalue weighted by molar-refractivity contribution is 0.103. The van der Waals surface area contributed by atoms with E-state index < -0.39 is 5.82 Å². The summed E-state index contributed by atoms with van der Waals surface area (Å²) >= 11 is 0. The molecule has 2 rings (SSSR count). The molecule has 0 aliphatic carbocycles. The third-order valence-electron chi connectivity index (χ3n) is 4.01. The summed E-state index contributed by atoms with van der Waals surface area (Å²) in [6, 6.07) is 6.38. The van der Waals surface area contributed by atoms with Crippen molar-refractivity contribution >= 4 is 5.78 Å². The lowest BCUT2D eigenvalue weighted by Gasteiger charge is -2.14. The maximum absolute atomic E-state index is 13.8. The Morgan fingerprint density at radius 2 is 1.57 bits per heavy atom. The Labute approximate surface area is 124 Å². The van der Waals surface area contributed by atoms with Crippen molar-refractivity contribution in [3.8, 4) is 5.75 Å². The third kappa shape index (κ3) is 2.68. The minimum atomic E-state index is -0.525. The Morgan fingerprint density at radius 3 is 2.05 bits per heavy atom. The summed E-state index contributed by atoms with van der Waals surface area (Å²) in [6.07, 6.45) is 0. The molecule has 110 valence electrons. The molecular formula is C18H19FO2. The highest BCUT2D eigenvalue weighted by Gasteiger charge is 2.18. The van der Waals surface area contributed by atoms with Crippen LogP contribution in [-0.2, 0) is 0 Å². The molecule has 2 nitrogen and oxygen atoms in total. The van der Waals surface area contributed by atoms with Crippen LogP contribution in [0.2, 0.25) is 0 Å². The number of halogens is 1. The lowest BCUT2D eigenvalue weighted by atomic mass is 9.89. The Morgan fingerprint density at radius 1 is 1.00 bits per heavy atom. The van der Waals surface area contributed by atoms with E-state index in [1.807, 2.05) is 27.7 Å². The molecule has 21 heavy (non-hydrogen) atoms. The fourth-order valence-corrected chi connectivity index (χ4v) is 2.51. The van der Waals surface area contributed by atoms with Crippen molar-refractivity contribution in [1.29, 1.82) is 0 Å². The second-order valence-electron chi connectivity index (χ2n) is 5.31. The van der Waals surface area contributed by atoms with Gasteiger partial charge in [-0.25, -0.2) is 4.39 Å². The molecule has 0 spiro atoms. The predicted octanol–water partition coefficient (Wildman–Crippen LogP) is 4.30. The molecular weight excluding hydrogens is 267 g/mol. The zero-order valence-corrected chi connectivity index (χ0v) is 13.0. The van der Waals surface area contributed by atoms with Gasteiger partial charge in [-0.05, 0) is 68.1 Å². The highest BCUT2D eigenvalue weighted by Crippen LogP contribution is 2.26. The number of aryl methyl sites for hydroxylation is 2. The van der Waals surface area contributed by atoms with E-state index in [0.717, 1.165) is 22.3 Å². The maximum atomic E-state index is 13.8. The van der Waals surface area contributed by atoms with E-state index >= 15 is 0 Å². The monoisotopic (exact) mass is 286 g/mol. The predicted molar refractivity (Wildman–Crippen MR) is 81.8 cm³/mol. The van der Waals surface area contributed by atoms with Crippen molar-refractivity contribution in [2.24, 2.45) is 0 Å². The summed E-state index contributed by atoms with van der Waals surface area (Å²) in [4.78, 5) is 12.7. The van der Waals surface area contributed by atoms with Gasteiger partial charge >= 0.3 is 0 Å². The van der Waals surface area contributed by atoms with E-state index in [0.29, 0.717) is 11.1 Å². The summed E-state index contributed by atoms with van der Waals surface area (Å²) in [5, 5.41) is 0. The maximum Gasteiger partial charge on any atom is 0.193 e. The minimum absolute atomic E-state index is 0.139. The molecule has 0 bridgehead atoms. The first-order chi connectivity index (χ1) is 9.86. The zero-order chi connectivity index (χ0) is 15.7. The summed E-state index contributed by atoms with van der Waals surface area (Å²) < 4.78 is 18.7. The number of hydrogen-bond acceptors (Lipinski definition) is 2. The standard InChI is InChI=1S/C18H19FO2/c1-10-8-11(2)13(4)17(12(10)3)18(20)14-6-7-16(21-5)15(19)9-14/h6-9H,1-5H3. The van der Waals surface area contributed by atoms with Gasteiger partial charge in [0.15, 0.2) is 17.3 Å². The van der Waals surface area contributed by atoms with Gasteiger partial charge in [-0.1, -0.05) is 6.07 Å². The number of methoxy groups -OCH3 is 1. The van der Waals surface area contributed by atoms with Crippen molar-refractivity contribution < 1.29 is 13.9 Å². The second kappa shape index (κ2) is 5.68. The SMILES string of the molecule is COc1ccc(C(=O)c2c(C)c(C)cc(C)c2C)cc1F. The van der Waals surface area contributed by atoms with Gasteiger partial charge < -0.3 is 4.74 Å². The first-order valence-electron chi connectivity index (χ1n) is 6.82. The van der Waals surface area contributed by atoms with Crippen LogP contribution in [0.1, 0.15) is 38.2 Å². The summed E-state index contributed by atoms with van der Waals surface area (Å²) in [5.41, 5.74) is 5.02. The van der Waals surface area contributed by atoms with E-state index in [9.17, 15) is 9.18 Å². The molecule has 0 fully saturated rings. The molecule has 0 atom stereocenters. The first-order valence-corrected chi connectivity index (χ1v) is 6.82. The first kappa shape index (κ1) is 15.2. The third-order valence-corrected chi connectivity index (χ3v) is 4.01. The van der Waals surface area contributed by atoms with Crippen LogP contribution in [0.15, 0.2) is 24.3 Å². The van der Waals surface area contributed by atoms with Crippen LogP contribution in [-0.4, -0.2) is 12.9 Å². The number of benzene rings is 2. The van der Waals surface area contributed by atoms with Gasteiger partial charge in [0.2, 0.25) is 0 Å². The number of rotatable bonds is 3. The average molecular weight is 286 g/mol. The van der Waals surface area contributed by atoms with Gasteiger partial charge in [0.1, 0.15) is 0 Å². The van der Waals surface area contributed by atoms with Gasteiger partial charge in [-0.3, -0.25) is 4.79 Å². The molecule has 2 aromatic rings. The molecule has 0 radical (unpaired) electrons. The molecule has 2 aromatic carbocycles. The van der Waals surface area contributed by atoms with Crippen LogP contribution in [0.5, 0.6) is 5.75 Å². The van der Waals surface area contributed by atoms with Gasteiger partial charge in [0.25, 0.3) is 0 Å². The lowest BCUT2D eigenvalue weighted by Crippen LogP contribution is -2.09. The van der Waals surface area contributed by atoms with Crippen LogP contribution < -0.4 is 4.74 Å². The van der Waals surface area contributed by atoms with E-state index in [-0.39, 0.29) is 11.5 Å². The van der Waals surface area contributed by atoms with Crippen LogP contribution in [0, 0.1) is 33.5 Å². The molecule has 0 amide bonds. The molecule has 0 aliphatic heterocycles. The van der Waals surface area contributed by atoms with E-state index in [1.54, 1.807) is 6.07 Å². The van der Waals surface area contributed by atoms with Gasteiger partial charge in [0.05, 0.1) is 7.11 Å². The fraction of sp³-hybridized carbons (Fsp3) is 0.278. The summed E-state index contributed by atoms with van der Waals surface area (Å²) in [6.45, 7) is 7.81. The Kier molecular flexibility index (Phi) is 4.12. The molecule has 0 unspecified atom stereocenters. The largest absolute Gasteiger partial charge is 0.494 e. The van der Waals surface area contributed by atoms with Crippen molar-refractivity contribution in [1.82, 2.24) is 0 Å². The van der Waals surface area contributed by atoms with Gasteiger partial charge in [-0.15, -0.1) is 0 Å². The quantitative estimate of drug-likeness (QED) is 0.786. The van der Waals surface area contributed by atoms with E-state index in [4.69, 9.17) is 4.74 Å². The second-order valence-corrected chi connectivity index (χ2v) is 5.31. The number of ketones is 1. The molecule has 0 saturated carbocycles. The average Bonchev–Trinajstić information content (AvgIpc) is 2.45. The molecule has 0 heterocycles. The van der Waals surface area contributed by atoms with Crippen molar-refractivity contribution in [2.75, 3.05) is 7.11 Å². The molecule has 0 N–H and O–H groups in total. The smallest absolute Gasteiger partial charge is 0.193 e. The molecule has 3 heteroatoms. The van der Waals surface area contributed by atoms with Crippen molar-refractivity contribution in [3.63, 3.8) is 0 Å². The number of carbonyl (C=O) groups is 1. The summed E-state index contributed by atoms with van der Waals surface area (Å²) in [5.74, 6) is -0.540. The Balaban J connectivity index is 2.58. The molecule has 0 saturated heterocycles. The van der Waals surface area contributed by atoms with Crippen LogP contribution in [0.25, 0.3) is 0 Å². The highest BCUT2D eigenvalue weighted by molar-refractivity contribution is 6.11. The molecule has 0 aromatic heterocycles. The fourth-order valence-electron chi connectivity index (χ4n) is 2.51. The Bertz CT molecular complexity index is 691. The number of hydrogen-bond donors (Lipinski definition) is 0. The van der Waals surface area contributed by atoms with Gasteiger partial charge in [-0.2, -0.15) is 0 Å². The summed E-state index contributed by atoms with van der Waals surface area (Å²) in [7, 11) is 1.40. The van der Waals surface area contributed by atoms with Crippen LogP contribution in [0.4, 0.5) is 4.39 Å². The van der Waals surface area contributed by atoms with Crippen molar-refractivity contribution in [2.45, 2.75) is 27.7 Å². The molecule has 0 aliphatic rings. The zero-order valence-electron chi connectivity index (χ0n) is 13.0. The minimum Gasteiger partial charge on any atom is -0.494 e. The normalized spacial score (nSPS) is 10.6. The van der Waals surface area contributed by atoms with Crippen LogP contribution in [0.3, 0.4) is 0 Å². The van der Waals surface area contributed by atoms with Gasteiger partial charge in [0, 0.05) is 11.1 Å². The topological polar surface area (TPSA) is 26.3 Å². The van der Waals surface area contributed by atoms with Crippen molar-refractivity contribution in [3.05, 3.63) is 63.5 Å². The van der Waals surface area contributed by atoms with E-state index in [1.165, 1.54) is 19.2 Å². The number of carbonyl (C=O) groups excluding carboxylic acids is 1. The Hall–Kier alpha value is -2.16. The number of ether oxygens (including phenoxy) is 1. The van der Waals surface area contributed by atoms with Crippen LogP contribution >= 0.6 is 0 Å². The van der Waals surface area contributed by atoms with E-state index in [2.05, 4.69) is 6.07 Å². The highest BCUT2D eigenvalue weighted by atomic mass is 19.1.